The summed E-state index contributed by atoms with van der Waals surface area (Å²) in [6.45, 7) is 5.59. The average molecular weight is 278 g/mol. The molecule has 3 nitrogen and oxygen atoms in total. The van der Waals surface area contributed by atoms with Crippen molar-refractivity contribution in [2.24, 2.45) is 5.41 Å². The van der Waals surface area contributed by atoms with E-state index in [1.807, 2.05) is 30.0 Å². The maximum Gasteiger partial charge on any atom is 0.303 e. The van der Waals surface area contributed by atoms with Crippen LogP contribution in [-0.2, 0) is 16.0 Å². The fourth-order valence-corrected chi connectivity index (χ4v) is 3.25. The lowest BCUT2D eigenvalue weighted by molar-refractivity contribution is -0.139. The molecule has 1 aliphatic heterocycles. The highest BCUT2D eigenvalue weighted by molar-refractivity contribution is 7.99. The van der Waals surface area contributed by atoms with Gasteiger partial charge in [0, 0.05) is 23.1 Å². The van der Waals surface area contributed by atoms with Gasteiger partial charge in [0.25, 0.3) is 0 Å². The number of hydrogen-bond donors (Lipinski definition) is 0. The van der Waals surface area contributed by atoms with Crippen LogP contribution in [-0.4, -0.2) is 24.1 Å². The Hall–Kier alpha value is -1.29. The maximum absolute atomic E-state index is 11.9. The highest BCUT2D eigenvalue weighted by Crippen LogP contribution is 2.39. The van der Waals surface area contributed by atoms with E-state index < -0.39 is 5.97 Å². The second-order valence-electron chi connectivity index (χ2n) is 5.66. The lowest BCUT2D eigenvalue weighted by atomic mass is 9.86. The molecule has 1 aromatic carbocycles. The van der Waals surface area contributed by atoms with Gasteiger partial charge in [-0.05, 0) is 29.5 Å². The molecular formula is C15H18O3S. The van der Waals surface area contributed by atoms with Crippen LogP contribution in [0.3, 0.4) is 0 Å². The number of rotatable bonds is 3. The fourth-order valence-electron chi connectivity index (χ4n) is 2.12. The van der Waals surface area contributed by atoms with Gasteiger partial charge in [-0.2, -0.15) is 0 Å². The predicted octanol–water partition coefficient (Wildman–Crippen LogP) is 3.11. The summed E-state index contributed by atoms with van der Waals surface area (Å²) in [7, 11) is 0. The summed E-state index contributed by atoms with van der Waals surface area (Å²) in [4.78, 5) is 23.9. The number of fused-ring (bicyclic) bond motifs is 1. The second-order valence-corrected chi connectivity index (χ2v) is 6.67. The Kier molecular flexibility index (Phi) is 3.99. The number of Topliss-reactive ketones (excluding diaryl/α,β-unsaturated/α-hetero) is 1. The third-order valence-corrected chi connectivity index (χ3v) is 4.71. The van der Waals surface area contributed by atoms with Gasteiger partial charge in [0.1, 0.15) is 0 Å². The molecule has 0 saturated carbocycles. The molecule has 1 aromatic rings. The van der Waals surface area contributed by atoms with Crippen molar-refractivity contribution in [2.75, 3.05) is 12.4 Å². The fraction of sp³-hybridized carbons (Fsp3) is 0.467. The summed E-state index contributed by atoms with van der Waals surface area (Å²) in [5.74, 6) is 0.523. The summed E-state index contributed by atoms with van der Waals surface area (Å²) in [6.07, 6.45) is 0.976. The first-order valence-corrected chi connectivity index (χ1v) is 7.28. The van der Waals surface area contributed by atoms with E-state index in [0.29, 0.717) is 5.56 Å². The molecule has 1 aliphatic rings. The minimum atomic E-state index is -0.428. The van der Waals surface area contributed by atoms with E-state index in [1.54, 1.807) is 0 Å². The van der Waals surface area contributed by atoms with Gasteiger partial charge in [0.2, 0.25) is 0 Å². The van der Waals surface area contributed by atoms with E-state index in [2.05, 4.69) is 13.8 Å². The van der Waals surface area contributed by atoms with Crippen LogP contribution in [0.2, 0.25) is 0 Å². The SMILES string of the molecule is CC(=O)OCC(=O)c1ccc2c(c1)CC(C)(C)CS2. The molecule has 0 N–H and O–H groups in total. The van der Waals surface area contributed by atoms with Crippen molar-refractivity contribution in [1.29, 1.82) is 0 Å². The highest BCUT2D eigenvalue weighted by Gasteiger charge is 2.26. The van der Waals surface area contributed by atoms with Crippen molar-refractivity contribution in [3.8, 4) is 0 Å². The van der Waals surface area contributed by atoms with E-state index in [-0.39, 0.29) is 17.8 Å². The quantitative estimate of drug-likeness (QED) is 0.629. The minimum Gasteiger partial charge on any atom is -0.457 e. The molecule has 0 radical (unpaired) electrons. The van der Waals surface area contributed by atoms with Crippen LogP contribution < -0.4 is 0 Å². The molecule has 4 heteroatoms. The van der Waals surface area contributed by atoms with E-state index in [0.717, 1.165) is 12.2 Å². The molecule has 1 heterocycles. The van der Waals surface area contributed by atoms with Crippen molar-refractivity contribution in [3.05, 3.63) is 29.3 Å². The van der Waals surface area contributed by atoms with Crippen LogP contribution in [0.15, 0.2) is 23.1 Å². The zero-order valence-corrected chi connectivity index (χ0v) is 12.3. The van der Waals surface area contributed by atoms with Crippen molar-refractivity contribution in [2.45, 2.75) is 32.1 Å². The molecule has 19 heavy (non-hydrogen) atoms. The van der Waals surface area contributed by atoms with Crippen LogP contribution in [0.25, 0.3) is 0 Å². The first-order chi connectivity index (χ1) is 8.87. The van der Waals surface area contributed by atoms with Gasteiger partial charge in [-0.3, -0.25) is 9.59 Å². The van der Waals surface area contributed by atoms with E-state index in [4.69, 9.17) is 4.74 Å². The van der Waals surface area contributed by atoms with E-state index in [9.17, 15) is 9.59 Å². The topological polar surface area (TPSA) is 43.4 Å². The maximum atomic E-state index is 11.9. The number of ether oxygens (including phenoxy) is 1. The van der Waals surface area contributed by atoms with Crippen molar-refractivity contribution < 1.29 is 14.3 Å². The lowest BCUT2D eigenvalue weighted by Crippen LogP contribution is -2.22. The Morgan fingerprint density at radius 1 is 1.37 bits per heavy atom. The minimum absolute atomic E-state index is 0.147. The largest absolute Gasteiger partial charge is 0.457 e. The summed E-state index contributed by atoms with van der Waals surface area (Å²) in [5, 5.41) is 0. The second kappa shape index (κ2) is 5.37. The number of carbonyl (C=O) groups excluding carboxylic acids is 2. The Balaban J connectivity index is 2.16. The molecule has 0 bridgehead atoms. The lowest BCUT2D eigenvalue weighted by Gasteiger charge is -2.30. The summed E-state index contributed by atoms with van der Waals surface area (Å²) in [5.41, 5.74) is 2.10. The number of esters is 1. The molecule has 0 spiro atoms. The van der Waals surface area contributed by atoms with Gasteiger partial charge in [-0.15, -0.1) is 11.8 Å². The number of thioether (sulfide) groups is 1. The molecule has 0 unspecified atom stereocenters. The van der Waals surface area contributed by atoms with E-state index >= 15 is 0 Å². The van der Waals surface area contributed by atoms with Gasteiger partial charge in [0.05, 0.1) is 0 Å². The van der Waals surface area contributed by atoms with Gasteiger partial charge in [-0.1, -0.05) is 19.9 Å². The Morgan fingerprint density at radius 3 is 2.79 bits per heavy atom. The first-order valence-electron chi connectivity index (χ1n) is 6.30. The van der Waals surface area contributed by atoms with Crippen molar-refractivity contribution in [1.82, 2.24) is 0 Å². The number of benzene rings is 1. The molecule has 102 valence electrons. The van der Waals surface area contributed by atoms with Crippen LogP contribution >= 0.6 is 11.8 Å². The molecular weight excluding hydrogens is 260 g/mol. The highest BCUT2D eigenvalue weighted by atomic mass is 32.2. The summed E-state index contributed by atoms with van der Waals surface area (Å²) in [6, 6.07) is 5.75. The smallest absolute Gasteiger partial charge is 0.303 e. The van der Waals surface area contributed by atoms with Gasteiger partial charge in [-0.25, -0.2) is 0 Å². The average Bonchev–Trinajstić information content (AvgIpc) is 2.33. The first kappa shape index (κ1) is 14.1. The molecule has 0 fully saturated rings. The Morgan fingerprint density at radius 2 is 2.11 bits per heavy atom. The molecule has 2 rings (SSSR count). The zero-order valence-electron chi connectivity index (χ0n) is 11.5. The van der Waals surface area contributed by atoms with Gasteiger partial charge < -0.3 is 4.74 Å². The zero-order chi connectivity index (χ0) is 14.0. The van der Waals surface area contributed by atoms with Gasteiger partial charge >= 0.3 is 5.97 Å². The number of carbonyl (C=O) groups is 2. The third-order valence-electron chi connectivity index (χ3n) is 3.08. The van der Waals surface area contributed by atoms with Crippen LogP contribution in [0.5, 0.6) is 0 Å². The van der Waals surface area contributed by atoms with Gasteiger partial charge in [0.15, 0.2) is 12.4 Å². The summed E-state index contributed by atoms with van der Waals surface area (Å²) < 4.78 is 4.75. The summed E-state index contributed by atoms with van der Waals surface area (Å²) >= 11 is 1.84. The van der Waals surface area contributed by atoms with Crippen molar-refractivity contribution >= 4 is 23.5 Å². The molecule has 0 amide bonds. The third kappa shape index (κ3) is 3.60. The Labute approximate surface area is 117 Å². The van der Waals surface area contributed by atoms with Crippen LogP contribution in [0.4, 0.5) is 0 Å². The van der Waals surface area contributed by atoms with Crippen LogP contribution in [0, 0.1) is 5.41 Å². The predicted molar refractivity (Wildman–Crippen MR) is 75.6 cm³/mol. The molecule has 0 aliphatic carbocycles. The normalized spacial score (nSPS) is 16.6. The number of ketones is 1. The standard InChI is InChI=1S/C15H18O3S/c1-10(16)18-8-13(17)11-4-5-14-12(6-11)7-15(2,3)9-19-14/h4-6H,7-9H2,1-3H3. The van der Waals surface area contributed by atoms with E-state index in [1.165, 1.54) is 17.4 Å². The number of hydrogen-bond acceptors (Lipinski definition) is 4. The molecule has 0 atom stereocenters. The van der Waals surface area contributed by atoms with Crippen LogP contribution in [0.1, 0.15) is 36.7 Å². The molecule has 0 aromatic heterocycles. The molecule has 0 saturated heterocycles. The van der Waals surface area contributed by atoms with Crippen molar-refractivity contribution in [3.63, 3.8) is 0 Å². The Bertz CT molecular complexity index is 520. The monoisotopic (exact) mass is 278 g/mol.